The number of hydrogen-bond donors (Lipinski definition) is 1. The van der Waals surface area contributed by atoms with Gasteiger partial charge in [0, 0.05) is 18.1 Å². The van der Waals surface area contributed by atoms with Gasteiger partial charge in [0.1, 0.15) is 12.4 Å². The van der Waals surface area contributed by atoms with Crippen LogP contribution >= 0.6 is 11.6 Å². The van der Waals surface area contributed by atoms with E-state index in [9.17, 15) is 13.2 Å². The molecule has 6 nitrogen and oxygen atoms in total. The number of carbonyl (C=O) groups excluding carboxylic acids is 1. The van der Waals surface area contributed by atoms with Crippen molar-refractivity contribution in [3.8, 4) is 5.75 Å². The van der Waals surface area contributed by atoms with Crippen molar-refractivity contribution < 1.29 is 17.9 Å². The predicted octanol–water partition coefficient (Wildman–Crippen LogP) is 3.63. The summed E-state index contributed by atoms with van der Waals surface area (Å²) in [6.45, 7) is 4.79. The molecule has 0 bridgehead atoms. The Kier molecular flexibility index (Phi) is 7.39. The van der Waals surface area contributed by atoms with E-state index >= 15 is 0 Å². The first-order valence-corrected chi connectivity index (χ1v) is 11.8. The van der Waals surface area contributed by atoms with Gasteiger partial charge in [-0.3, -0.25) is 4.79 Å². The number of rotatable bonds is 7. The van der Waals surface area contributed by atoms with E-state index in [4.69, 9.17) is 16.3 Å². The maximum absolute atomic E-state index is 12.9. The number of sulfonamides is 1. The zero-order chi connectivity index (χ0) is 21.7. The van der Waals surface area contributed by atoms with Crippen molar-refractivity contribution >= 4 is 27.5 Å². The highest BCUT2D eigenvalue weighted by Gasteiger charge is 2.33. The Morgan fingerprint density at radius 1 is 1.20 bits per heavy atom. The fraction of sp³-hybridized carbons (Fsp3) is 0.409. The number of benzene rings is 2. The van der Waals surface area contributed by atoms with E-state index in [-0.39, 0.29) is 29.3 Å². The smallest absolute Gasteiger partial charge is 0.243 e. The Hall–Kier alpha value is -2.09. The van der Waals surface area contributed by atoms with E-state index < -0.39 is 10.0 Å². The summed E-state index contributed by atoms with van der Waals surface area (Å²) in [5.41, 5.74) is 1.15. The minimum absolute atomic E-state index is 0.147. The molecular weight excluding hydrogens is 424 g/mol. The fourth-order valence-corrected chi connectivity index (χ4v) is 5.04. The molecule has 162 valence electrons. The van der Waals surface area contributed by atoms with Gasteiger partial charge < -0.3 is 10.1 Å². The monoisotopic (exact) mass is 450 g/mol. The van der Waals surface area contributed by atoms with Crippen LogP contribution in [0.4, 0.5) is 0 Å². The Labute approximate surface area is 183 Å². The van der Waals surface area contributed by atoms with Gasteiger partial charge in [0.15, 0.2) is 0 Å². The standard InChI is InChI=1S/C22H27ClN2O4S/c1-16-5-9-20(10-6-16)29-15-17(2)24-22(26)18-4-3-13-25(14-18)30(27,28)21-11-7-19(23)8-12-21/h5-12,17-18H,3-4,13-15H2,1-2H3,(H,24,26)/t17-,18+/m0/s1. The molecule has 1 aliphatic rings. The lowest BCUT2D eigenvalue weighted by molar-refractivity contribution is -0.126. The second-order valence-electron chi connectivity index (χ2n) is 7.69. The molecule has 0 radical (unpaired) electrons. The van der Waals surface area contributed by atoms with Crippen LogP contribution in [0.1, 0.15) is 25.3 Å². The molecule has 1 amide bonds. The van der Waals surface area contributed by atoms with Crippen molar-refractivity contribution in [1.29, 1.82) is 0 Å². The van der Waals surface area contributed by atoms with Crippen molar-refractivity contribution in [3.05, 3.63) is 59.1 Å². The third-order valence-corrected chi connectivity index (χ3v) is 7.25. The minimum Gasteiger partial charge on any atom is -0.491 e. The largest absolute Gasteiger partial charge is 0.491 e. The molecule has 2 aromatic rings. The summed E-state index contributed by atoms with van der Waals surface area (Å²) in [5.74, 6) is 0.216. The predicted molar refractivity (Wildman–Crippen MR) is 117 cm³/mol. The van der Waals surface area contributed by atoms with E-state index in [0.717, 1.165) is 11.3 Å². The molecule has 2 atom stereocenters. The van der Waals surface area contributed by atoms with Gasteiger partial charge in [-0.15, -0.1) is 0 Å². The molecule has 0 aliphatic carbocycles. The van der Waals surface area contributed by atoms with Crippen molar-refractivity contribution in [2.24, 2.45) is 5.92 Å². The van der Waals surface area contributed by atoms with Gasteiger partial charge in [-0.05, 0) is 63.1 Å². The number of piperidine rings is 1. The first kappa shape index (κ1) is 22.6. The quantitative estimate of drug-likeness (QED) is 0.698. The Bertz CT molecular complexity index is 962. The number of amides is 1. The highest BCUT2D eigenvalue weighted by molar-refractivity contribution is 7.89. The van der Waals surface area contributed by atoms with Crippen LogP contribution in [0.2, 0.25) is 5.02 Å². The molecule has 1 aliphatic heterocycles. The van der Waals surface area contributed by atoms with E-state index in [1.54, 1.807) is 12.1 Å². The summed E-state index contributed by atoms with van der Waals surface area (Å²) in [6.07, 6.45) is 1.29. The topological polar surface area (TPSA) is 75.7 Å². The maximum atomic E-state index is 12.9. The molecule has 30 heavy (non-hydrogen) atoms. The normalized spacial score (nSPS) is 18.6. The van der Waals surface area contributed by atoms with Gasteiger partial charge in [-0.2, -0.15) is 4.31 Å². The van der Waals surface area contributed by atoms with Crippen molar-refractivity contribution in [2.75, 3.05) is 19.7 Å². The number of carbonyl (C=O) groups is 1. The van der Waals surface area contributed by atoms with E-state index in [1.165, 1.54) is 16.4 Å². The summed E-state index contributed by atoms with van der Waals surface area (Å²) < 4.78 is 32.9. The van der Waals surface area contributed by atoms with Crippen molar-refractivity contribution in [2.45, 2.75) is 37.6 Å². The Balaban J connectivity index is 1.55. The van der Waals surface area contributed by atoms with E-state index in [2.05, 4.69) is 5.32 Å². The zero-order valence-electron chi connectivity index (χ0n) is 17.2. The number of nitrogens with one attached hydrogen (secondary N) is 1. The number of ether oxygens (including phenoxy) is 1. The summed E-state index contributed by atoms with van der Waals surface area (Å²) in [7, 11) is -3.65. The van der Waals surface area contributed by atoms with Crippen LogP contribution < -0.4 is 10.1 Å². The number of aryl methyl sites for hydroxylation is 1. The molecule has 0 spiro atoms. The van der Waals surface area contributed by atoms with Gasteiger partial charge in [-0.1, -0.05) is 29.3 Å². The lowest BCUT2D eigenvalue weighted by Crippen LogP contribution is -2.48. The van der Waals surface area contributed by atoms with Gasteiger partial charge in [-0.25, -0.2) is 8.42 Å². The summed E-state index contributed by atoms with van der Waals surface area (Å²) >= 11 is 5.86. The first-order valence-electron chi connectivity index (χ1n) is 10.0. The van der Waals surface area contributed by atoms with Crippen LogP contribution in [0, 0.1) is 12.8 Å². The number of nitrogens with zero attached hydrogens (tertiary/aromatic N) is 1. The number of hydrogen-bond acceptors (Lipinski definition) is 4. The summed E-state index contributed by atoms with van der Waals surface area (Å²) in [6, 6.07) is 13.6. The lowest BCUT2D eigenvalue weighted by Gasteiger charge is -2.31. The molecule has 2 aromatic carbocycles. The van der Waals surface area contributed by atoms with Crippen molar-refractivity contribution in [3.63, 3.8) is 0 Å². The fourth-order valence-electron chi connectivity index (χ4n) is 3.39. The maximum Gasteiger partial charge on any atom is 0.243 e. The average Bonchev–Trinajstić information content (AvgIpc) is 2.74. The molecule has 3 rings (SSSR count). The third kappa shape index (κ3) is 5.74. The molecule has 0 aromatic heterocycles. The highest BCUT2D eigenvalue weighted by atomic mass is 35.5. The molecule has 8 heteroatoms. The minimum atomic E-state index is -3.65. The van der Waals surface area contributed by atoms with Gasteiger partial charge in [0.25, 0.3) is 0 Å². The van der Waals surface area contributed by atoms with Crippen LogP contribution in [0.3, 0.4) is 0 Å². The highest BCUT2D eigenvalue weighted by Crippen LogP contribution is 2.25. The van der Waals surface area contributed by atoms with Crippen molar-refractivity contribution in [1.82, 2.24) is 9.62 Å². The van der Waals surface area contributed by atoms with Gasteiger partial charge in [0.2, 0.25) is 15.9 Å². The lowest BCUT2D eigenvalue weighted by atomic mass is 9.98. The van der Waals surface area contributed by atoms with E-state index in [0.29, 0.717) is 31.0 Å². The zero-order valence-corrected chi connectivity index (χ0v) is 18.7. The van der Waals surface area contributed by atoms with Gasteiger partial charge in [0.05, 0.1) is 16.9 Å². The van der Waals surface area contributed by atoms with Crippen LogP contribution in [0.25, 0.3) is 0 Å². The SMILES string of the molecule is Cc1ccc(OC[C@H](C)NC(=O)[C@@H]2CCCN(S(=O)(=O)c3ccc(Cl)cc3)C2)cc1. The van der Waals surface area contributed by atoms with E-state index in [1.807, 2.05) is 38.1 Å². The van der Waals surface area contributed by atoms with Crippen LogP contribution in [-0.2, 0) is 14.8 Å². The molecule has 0 unspecified atom stereocenters. The van der Waals surface area contributed by atoms with Crippen LogP contribution in [0.15, 0.2) is 53.4 Å². The van der Waals surface area contributed by atoms with Crippen LogP contribution in [-0.4, -0.2) is 44.4 Å². The molecule has 1 fully saturated rings. The second kappa shape index (κ2) is 9.81. The second-order valence-corrected chi connectivity index (χ2v) is 10.1. The first-order chi connectivity index (χ1) is 14.3. The molecule has 0 saturated carbocycles. The molecular formula is C22H27ClN2O4S. The van der Waals surface area contributed by atoms with Gasteiger partial charge >= 0.3 is 0 Å². The Morgan fingerprint density at radius 2 is 1.87 bits per heavy atom. The number of halogens is 1. The molecule has 1 heterocycles. The summed E-state index contributed by atoms with van der Waals surface area (Å²) in [5, 5.41) is 3.43. The van der Waals surface area contributed by atoms with Crippen LogP contribution in [0.5, 0.6) is 5.75 Å². The molecule has 1 saturated heterocycles. The molecule has 1 N–H and O–H groups in total. The summed E-state index contributed by atoms with van der Waals surface area (Å²) in [4.78, 5) is 12.9. The average molecular weight is 451 g/mol. The Morgan fingerprint density at radius 3 is 2.53 bits per heavy atom. The third-order valence-electron chi connectivity index (χ3n) is 5.12.